The van der Waals surface area contributed by atoms with Crippen LogP contribution in [0.15, 0.2) is 6.07 Å². The van der Waals surface area contributed by atoms with Crippen molar-refractivity contribution < 1.29 is 72.9 Å². The Kier molecular flexibility index (Phi) is 12.7. The van der Waals surface area contributed by atoms with Crippen molar-refractivity contribution in [2.45, 2.75) is 32.9 Å². The number of carbonyl (C=O) groups excluding carboxylic acids is 3. The summed E-state index contributed by atoms with van der Waals surface area (Å²) in [5.41, 5.74) is 0.863. The molecule has 135 valence electrons. The van der Waals surface area contributed by atoms with E-state index in [1.165, 1.54) is 18.1 Å². The van der Waals surface area contributed by atoms with E-state index in [1.54, 1.807) is 14.0 Å². The molecule has 8 heteroatoms. The SMILES string of the molecule is [CH2-][C@@H](C=O)NC(=O)c1cc(OC)[c-]c(C)c1C(=O)N(C)C(C)C.[W].[Y]. The summed E-state index contributed by atoms with van der Waals surface area (Å²) in [6.07, 6.45) is 0.513. The zero-order chi connectivity index (χ0) is 17.7. The van der Waals surface area contributed by atoms with Gasteiger partial charge in [0.15, 0.2) is 5.91 Å². The Balaban J connectivity index is 0. The topological polar surface area (TPSA) is 75.7 Å². The minimum absolute atomic E-state index is 0. The summed E-state index contributed by atoms with van der Waals surface area (Å²) in [4.78, 5) is 37.3. The number of nitrogens with zero attached hydrogens (tertiary/aromatic N) is 1. The van der Waals surface area contributed by atoms with Gasteiger partial charge in [-0.05, 0) is 19.9 Å². The number of hydrogen-bond acceptors (Lipinski definition) is 4. The molecule has 0 saturated heterocycles. The second kappa shape index (κ2) is 11.9. The number of aryl methyl sites for hydroxylation is 1. The number of amides is 2. The number of rotatable bonds is 6. The molecule has 0 heterocycles. The van der Waals surface area contributed by atoms with Crippen LogP contribution in [0.1, 0.15) is 40.1 Å². The first-order valence-corrected chi connectivity index (χ1v) is 7.20. The molecule has 0 aliphatic rings. The molecule has 0 spiro atoms. The van der Waals surface area contributed by atoms with Gasteiger partial charge >= 0.3 is 0 Å². The Labute approximate surface area is 188 Å². The third-order valence-electron chi connectivity index (χ3n) is 3.48. The van der Waals surface area contributed by atoms with Crippen molar-refractivity contribution in [2.24, 2.45) is 0 Å². The Bertz CT molecular complexity index is 623. The smallest absolute Gasteiger partial charge is 0.226 e. The Hall–Kier alpha value is -0.578. The van der Waals surface area contributed by atoms with E-state index in [9.17, 15) is 14.4 Å². The number of methoxy groups -OCH3 is 1. The molecule has 0 aliphatic carbocycles. The number of ether oxygens (including phenoxy) is 1. The maximum absolute atomic E-state index is 12.7. The maximum Gasteiger partial charge on any atom is 0.226 e. The first-order valence-electron chi connectivity index (χ1n) is 7.20. The molecule has 0 aromatic heterocycles. The summed E-state index contributed by atoms with van der Waals surface area (Å²) in [6, 6.07) is 3.43. The zero-order valence-electron chi connectivity index (χ0n) is 15.1. The fraction of sp³-hybridized carbons (Fsp3) is 0.412. The van der Waals surface area contributed by atoms with E-state index in [1.807, 2.05) is 13.8 Å². The van der Waals surface area contributed by atoms with Crippen LogP contribution in [-0.2, 0) is 58.6 Å². The van der Waals surface area contributed by atoms with E-state index < -0.39 is 11.9 Å². The van der Waals surface area contributed by atoms with Crippen molar-refractivity contribution in [3.05, 3.63) is 35.7 Å². The van der Waals surface area contributed by atoms with Crippen LogP contribution in [0.5, 0.6) is 5.75 Å². The van der Waals surface area contributed by atoms with Crippen LogP contribution in [0.4, 0.5) is 0 Å². The number of benzene rings is 1. The van der Waals surface area contributed by atoms with E-state index >= 15 is 0 Å². The largest absolute Gasteiger partial charge is 0.523 e. The fourth-order valence-corrected chi connectivity index (χ4v) is 1.94. The molecule has 1 N–H and O–H groups in total. The van der Waals surface area contributed by atoms with Crippen LogP contribution >= 0.6 is 0 Å². The maximum atomic E-state index is 12.7. The van der Waals surface area contributed by atoms with Gasteiger partial charge in [0.1, 0.15) is 6.29 Å². The van der Waals surface area contributed by atoms with E-state index in [2.05, 4.69) is 18.3 Å². The standard InChI is InChI=1S/C17H22N2O4.W.Y/c1-10(2)19(5)17(22)15-11(3)7-13(23-6)8-14(15)16(21)18-12(4)9-20;;/h8-10,12H,4H2,1-3,5-6H3,(H,18,21);;/q-2;;/t12-;;/m0../s1. The average Bonchev–Trinajstić information content (AvgIpc) is 2.52. The number of hydrogen-bond donors (Lipinski definition) is 1. The first-order chi connectivity index (χ1) is 10.7. The normalized spacial score (nSPS) is 10.8. The molecular weight excluding hydrogens is 569 g/mol. The second-order valence-corrected chi connectivity index (χ2v) is 5.48. The minimum Gasteiger partial charge on any atom is -0.523 e. The monoisotopic (exact) mass is 591 g/mol. The Morgan fingerprint density at radius 2 is 1.96 bits per heavy atom. The van der Waals surface area contributed by atoms with Crippen LogP contribution in [0.3, 0.4) is 0 Å². The van der Waals surface area contributed by atoms with Crippen molar-refractivity contribution in [3.63, 3.8) is 0 Å². The molecule has 0 fully saturated rings. The van der Waals surface area contributed by atoms with Crippen LogP contribution in [0, 0.1) is 19.9 Å². The predicted molar refractivity (Wildman–Crippen MR) is 86.5 cm³/mol. The van der Waals surface area contributed by atoms with Crippen LogP contribution in [0.2, 0.25) is 0 Å². The van der Waals surface area contributed by atoms with Crippen LogP contribution in [-0.4, -0.2) is 49.2 Å². The van der Waals surface area contributed by atoms with E-state index in [-0.39, 0.29) is 76.9 Å². The van der Waals surface area contributed by atoms with Crippen molar-refractivity contribution in [1.82, 2.24) is 10.2 Å². The Morgan fingerprint density at radius 1 is 1.40 bits per heavy atom. The quantitative estimate of drug-likeness (QED) is 0.402. The minimum atomic E-state index is -0.899. The summed E-state index contributed by atoms with van der Waals surface area (Å²) in [5, 5.41) is 2.43. The molecule has 25 heavy (non-hydrogen) atoms. The van der Waals surface area contributed by atoms with Crippen molar-refractivity contribution in [3.8, 4) is 5.75 Å². The van der Waals surface area contributed by atoms with Crippen LogP contribution in [0.25, 0.3) is 0 Å². The summed E-state index contributed by atoms with van der Waals surface area (Å²) < 4.78 is 5.11. The third-order valence-corrected chi connectivity index (χ3v) is 3.48. The first kappa shape index (κ1) is 26.6. The van der Waals surface area contributed by atoms with E-state index in [4.69, 9.17) is 4.74 Å². The van der Waals surface area contributed by atoms with Gasteiger partial charge in [0, 0.05) is 72.6 Å². The van der Waals surface area contributed by atoms with Gasteiger partial charge in [0.25, 0.3) is 0 Å². The molecule has 0 aliphatic heterocycles. The molecule has 0 saturated carbocycles. The predicted octanol–water partition coefficient (Wildman–Crippen LogP) is 1.41. The molecule has 1 rings (SSSR count). The molecule has 0 bridgehead atoms. The summed E-state index contributed by atoms with van der Waals surface area (Å²) >= 11 is 0. The number of aldehydes is 1. The molecular formula is C17H22N2O4WY-2. The number of carbonyl (C=O) groups is 3. The Morgan fingerprint density at radius 3 is 2.40 bits per heavy atom. The van der Waals surface area contributed by atoms with E-state index in [0.29, 0.717) is 17.6 Å². The molecule has 0 unspecified atom stereocenters. The van der Waals surface area contributed by atoms with Gasteiger partial charge in [-0.25, -0.2) is 0 Å². The second-order valence-electron chi connectivity index (χ2n) is 5.48. The van der Waals surface area contributed by atoms with Gasteiger partial charge in [-0.2, -0.15) is 0 Å². The molecule has 1 atom stereocenters. The fourth-order valence-electron chi connectivity index (χ4n) is 1.94. The number of nitrogens with one attached hydrogen (secondary N) is 1. The average molecular weight is 591 g/mol. The van der Waals surface area contributed by atoms with Crippen molar-refractivity contribution in [2.75, 3.05) is 14.2 Å². The molecule has 1 radical (unpaired) electrons. The van der Waals surface area contributed by atoms with Crippen LogP contribution < -0.4 is 10.1 Å². The van der Waals surface area contributed by atoms with E-state index in [0.717, 1.165) is 0 Å². The summed E-state index contributed by atoms with van der Waals surface area (Å²) in [5.74, 6) is -0.524. The van der Waals surface area contributed by atoms with Gasteiger partial charge in [0.2, 0.25) is 5.91 Å². The summed E-state index contributed by atoms with van der Waals surface area (Å²) in [7, 11) is 3.11. The van der Waals surface area contributed by atoms with Gasteiger partial charge in [-0.1, -0.05) is 18.1 Å². The molecule has 6 nitrogen and oxygen atoms in total. The third kappa shape index (κ3) is 6.92. The molecule has 1 aromatic carbocycles. The molecule has 2 amide bonds. The zero-order valence-corrected chi connectivity index (χ0v) is 20.9. The molecule has 1 aromatic rings. The van der Waals surface area contributed by atoms with Gasteiger partial charge in [-0.3, -0.25) is 9.59 Å². The van der Waals surface area contributed by atoms with Gasteiger partial charge in [-0.15, -0.1) is 17.7 Å². The van der Waals surface area contributed by atoms with Crippen molar-refractivity contribution >= 4 is 18.1 Å². The van der Waals surface area contributed by atoms with Gasteiger partial charge in [0.05, 0.1) is 7.11 Å². The van der Waals surface area contributed by atoms with Crippen molar-refractivity contribution in [1.29, 1.82) is 0 Å². The van der Waals surface area contributed by atoms with Gasteiger partial charge < -0.3 is 26.7 Å². The summed E-state index contributed by atoms with van der Waals surface area (Å²) in [6.45, 7) is 8.92.